The third-order valence-electron chi connectivity index (χ3n) is 4.71. The summed E-state index contributed by atoms with van der Waals surface area (Å²) in [7, 11) is 0. The van der Waals surface area contributed by atoms with Crippen LogP contribution in [0.1, 0.15) is 18.5 Å². The van der Waals surface area contributed by atoms with Crippen LogP contribution in [0.15, 0.2) is 54.6 Å². The molecule has 2 aromatic carbocycles. The van der Waals surface area contributed by atoms with Gasteiger partial charge in [0.25, 0.3) is 0 Å². The number of piperazine rings is 1. The van der Waals surface area contributed by atoms with Gasteiger partial charge in [-0.2, -0.15) is 0 Å². The highest BCUT2D eigenvalue weighted by molar-refractivity contribution is 6.30. The van der Waals surface area contributed by atoms with Gasteiger partial charge in [0.2, 0.25) is 11.8 Å². The van der Waals surface area contributed by atoms with Gasteiger partial charge in [-0.15, -0.1) is 0 Å². The van der Waals surface area contributed by atoms with Crippen molar-refractivity contribution < 1.29 is 14.4 Å². The summed E-state index contributed by atoms with van der Waals surface area (Å²) in [6.07, 6.45) is 0. The molecule has 0 aromatic heterocycles. The number of carbonyl (C=O) groups is 3. The number of hydrogen-bond acceptors (Lipinski definition) is 3. The second-order valence-corrected chi connectivity index (χ2v) is 7.31. The first-order valence-electron chi connectivity index (χ1n) is 9.36. The van der Waals surface area contributed by atoms with Crippen LogP contribution in [0.3, 0.4) is 0 Å². The molecule has 29 heavy (non-hydrogen) atoms. The second-order valence-electron chi connectivity index (χ2n) is 6.87. The lowest BCUT2D eigenvalue weighted by molar-refractivity contribution is -0.139. The molecule has 1 aliphatic rings. The lowest BCUT2D eigenvalue weighted by Gasteiger charge is -2.34. The topological polar surface area (TPSA) is 81.8 Å². The van der Waals surface area contributed by atoms with Crippen molar-refractivity contribution >= 4 is 35.1 Å². The SMILES string of the molecule is CC(NC(=O)CN1CCN(C(=O)Nc2ccc(Cl)cc2)CC1=O)c1ccccc1. The number of benzene rings is 2. The van der Waals surface area contributed by atoms with Gasteiger partial charge in [0, 0.05) is 23.8 Å². The Labute approximate surface area is 174 Å². The Kier molecular flexibility index (Phi) is 6.72. The van der Waals surface area contributed by atoms with Crippen LogP contribution in [0, 0.1) is 0 Å². The molecule has 1 fully saturated rings. The number of nitrogens with one attached hydrogen (secondary N) is 2. The molecule has 7 nitrogen and oxygen atoms in total. The Balaban J connectivity index is 1.48. The maximum atomic E-state index is 12.4. The molecule has 2 aromatic rings. The van der Waals surface area contributed by atoms with Crippen LogP contribution < -0.4 is 10.6 Å². The minimum Gasteiger partial charge on any atom is -0.348 e. The number of anilines is 1. The Bertz CT molecular complexity index is 873. The quantitative estimate of drug-likeness (QED) is 0.789. The number of halogens is 1. The monoisotopic (exact) mass is 414 g/mol. The summed E-state index contributed by atoms with van der Waals surface area (Å²) in [6, 6.07) is 15.8. The zero-order valence-electron chi connectivity index (χ0n) is 16.1. The molecule has 3 rings (SSSR count). The first-order chi connectivity index (χ1) is 13.9. The van der Waals surface area contributed by atoms with E-state index >= 15 is 0 Å². The van der Waals surface area contributed by atoms with E-state index in [-0.39, 0.29) is 37.0 Å². The third-order valence-corrected chi connectivity index (χ3v) is 4.96. The maximum absolute atomic E-state index is 12.4. The highest BCUT2D eigenvalue weighted by Crippen LogP contribution is 2.15. The van der Waals surface area contributed by atoms with Crippen molar-refractivity contribution in [2.75, 3.05) is 31.5 Å². The van der Waals surface area contributed by atoms with Crippen LogP contribution in [0.2, 0.25) is 5.02 Å². The molecule has 1 atom stereocenters. The third kappa shape index (κ3) is 5.71. The number of nitrogens with zero attached hydrogens (tertiary/aromatic N) is 2. The van der Waals surface area contributed by atoms with E-state index in [0.717, 1.165) is 5.56 Å². The van der Waals surface area contributed by atoms with Crippen molar-refractivity contribution in [3.05, 3.63) is 65.2 Å². The summed E-state index contributed by atoms with van der Waals surface area (Å²) in [5.74, 6) is -0.487. The van der Waals surface area contributed by atoms with E-state index in [4.69, 9.17) is 11.6 Å². The van der Waals surface area contributed by atoms with Crippen molar-refractivity contribution in [2.24, 2.45) is 0 Å². The van der Waals surface area contributed by atoms with Crippen LogP contribution in [-0.2, 0) is 9.59 Å². The van der Waals surface area contributed by atoms with Gasteiger partial charge in [-0.05, 0) is 36.8 Å². The van der Waals surface area contributed by atoms with Crippen LogP contribution in [0.5, 0.6) is 0 Å². The average molecular weight is 415 g/mol. The fourth-order valence-electron chi connectivity index (χ4n) is 3.07. The maximum Gasteiger partial charge on any atom is 0.322 e. The van der Waals surface area contributed by atoms with Crippen LogP contribution in [-0.4, -0.2) is 53.8 Å². The molecule has 1 heterocycles. The van der Waals surface area contributed by atoms with E-state index in [0.29, 0.717) is 23.8 Å². The van der Waals surface area contributed by atoms with E-state index in [9.17, 15) is 14.4 Å². The number of urea groups is 1. The van der Waals surface area contributed by atoms with E-state index in [1.54, 1.807) is 24.3 Å². The van der Waals surface area contributed by atoms with Gasteiger partial charge in [-0.1, -0.05) is 41.9 Å². The normalized spacial score (nSPS) is 15.0. The second kappa shape index (κ2) is 9.43. The number of carbonyl (C=O) groups excluding carboxylic acids is 3. The van der Waals surface area contributed by atoms with Crippen molar-refractivity contribution in [3.63, 3.8) is 0 Å². The van der Waals surface area contributed by atoms with Gasteiger partial charge in [0.1, 0.15) is 6.54 Å². The summed E-state index contributed by atoms with van der Waals surface area (Å²) in [5.41, 5.74) is 1.60. The molecule has 1 saturated heterocycles. The number of amides is 4. The van der Waals surface area contributed by atoms with E-state index in [1.165, 1.54) is 9.80 Å². The number of rotatable bonds is 5. The Morgan fingerprint density at radius 2 is 1.76 bits per heavy atom. The Morgan fingerprint density at radius 3 is 2.41 bits per heavy atom. The van der Waals surface area contributed by atoms with Gasteiger partial charge in [-0.25, -0.2) is 4.79 Å². The van der Waals surface area contributed by atoms with Gasteiger partial charge in [0.15, 0.2) is 0 Å². The number of hydrogen-bond donors (Lipinski definition) is 2. The molecule has 4 amide bonds. The van der Waals surface area contributed by atoms with Gasteiger partial charge < -0.3 is 20.4 Å². The summed E-state index contributed by atoms with van der Waals surface area (Å²) in [6.45, 7) is 2.46. The summed E-state index contributed by atoms with van der Waals surface area (Å²) >= 11 is 5.83. The van der Waals surface area contributed by atoms with Gasteiger partial charge in [-0.3, -0.25) is 9.59 Å². The van der Waals surface area contributed by atoms with Crippen LogP contribution in [0.25, 0.3) is 0 Å². The fourth-order valence-corrected chi connectivity index (χ4v) is 3.20. The Morgan fingerprint density at radius 1 is 1.07 bits per heavy atom. The first-order valence-corrected chi connectivity index (χ1v) is 9.74. The van der Waals surface area contributed by atoms with Crippen molar-refractivity contribution in [1.29, 1.82) is 0 Å². The predicted molar refractivity (Wildman–Crippen MR) is 112 cm³/mol. The molecule has 0 spiro atoms. The minimum absolute atomic E-state index is 0.0251. The van der Waals surface area contributed by atoms with Crippen molar-refractivity contribution in [2.45, 2.75) is 13.0 Å². The highest BCUT2D eigenvalue weighted by atomic mass is 35.5. The van der Waals surface area contributed by atoms with Crippen LogP contribution in [0.4, 0.5) is 10.5 Å². The van der Waals surface area contributed by atoms with E-state index in [1.807, 2.05) is 37.3 Å². The largest absolute Gasteiger partial charge is 0.348 e. The molecule has 8 heteroatoms. The zero-order valence-corrected chi connectivity index (χ0v) is 16.9. The molecule has 0 aliphatic carbocycles. The molecular weight excluding hydrogens is 392 g/mol. The van der Waals surface area contributed by atoms with E-state index in [2.05, 4.69) is 10.6 Å². The summed E-state index contributed by atoms with van der Waals surface area (Å²) in [4.78, 5) is 40.0. The fraction of sp³-hybridized carbons (Fsp3) is 0.286. The zero-order chi connectivity index (χ0) is 20.8. The van der Waals surface area contributed by atoms with E-state index < -0.39 is 0 Å². The van der Waals surface area contributed by atoms with Gasteiger partial charge >= 0.3 is 6.03 Å². The Hall–Kier alpha value is -3.06. The molecule has 2 N–H and O–H groups in total. The summed E-state index contributed by atoms with van der Waals surface area (Å²) < 4.78 is 0. The minimum atomic E-state index is -0.359. The highest BCUT2D eigenvalue weighted by Gasteiger charge is 2.28. The molecule has 152 valence electrons. The molecular formula is C21H23ClN4O3. The standard InChI is InChI=1S/C21H23ClN4O3/c1-15(16-5-3-2-4-6-16)23-19(27)13-25-11-12-26(14-20(25)28)21(29)24-18-9-7-17(22)8-10-18/h2-10,15H,11-14H2,1H3,(H,23,27)(H,24,29). The predicted octanol–water partition coefficient (Wildman–Crippen LogP) is 2.89. The van der Waals surface area contributed by atoms with Crippen molar-refractivity contribution in [3.8, 4) is 0 Å². The lowest BCUT2D eigenvalue weighted by Crippen LogP contribution is -2.55. The van der Waals surface area contributed by atoms with Gasteiger partial charge in [0.05, 0.1) is 12.6 Å². The summed E-state index contributed by atoms with van der Waals surface area (Å²) in [5, 5.41) is 6.21. The molecule has 0 radical (unpaired) electrons. The molecule has 1 unspecified atom stereocenters. The van der Waals surface area contributed by atoms with Crippen molar-refractivity contribution in [1.82, 2.24) is 15.1 Å². The molecule has 0 bridgehead atoms. The molecule has 0 saturated carbocycles. The lowest BCUT2D eigenvalue weighted by atomic mass is 10.1. The average Bonchev–Trinajstić information content (AvgIpc) is 2.71. The van der Waals surface area contributed by atoms with Crippen LogP contribution >= 0.6 is 11.6 Å². The smallest absolute Gasteiger partial charge is 0.322 e. The first kappa shape index (κ1) is 20.7. The molecule has 1 aliphatic heterocycles.